The number of rotatable bonds is 0. The minimum Gasteiger partial charge on any atom is -0.383 e. The van der Waals surface area contributed by atoms with Crippen molar-refractivity contribution in [1.29, 1.82) is 0 Å². The molecule has 2 rings (SSSR count). The molecule has 0 saturated heterocycles. The lowest BCUT2D eigenvalue weighted by atomic mass is 10.2. The van der Waals surface area contributed by atoms with E-state index >= 15 is 0 Å². The molecule has 1 aromatic heterocycles. The number of fused-ring (bicyclic) bond motifs is 1. The number of aliphatic imine (C=N–C) groups is 1. The van der Waals surface area contributed by atoms with Gasteiger partial charge in [0.05, 0.1) is 17.8 Å². The monoisotopic (exact) mass is 149 g/mol. The Morgan fingerprint density at radius 2 is 2.09 bits per heavy atom. The molecular formula is C6H7N5. The second-order valence-corrected chi connectivity index (χ2v) is 2.30. The van der Waals surface area contributed by atoms with Crippen molar-refractivity contribution in [3.63, 3.8) is 0 Å². The van der Waals surface area contributed by atoms with E-state index in [9.17, 15) is 0 Å². The van der Waals surface area contributed by atoms with Crippen LogP contribution in [0.3, 0.4) is 0 Å². The van der Waals surface area contributed by atoms with Crippen molar-refractivity contribution in [3.8, 4) is 0 Å². The van der Waals surface area contributed by atoms with Gasteiger partial charge in [0, 0.05) is 6.21 Å². The molecule has 5 heteroatoms. The average Bonchev–Trinajstić information content (AvgIpc) is 2.34. The molecule has 0 bridgehead atoms. The molecule has 1 aliphatic heterocycles. The van der Waals surface area contributed by atoms with E-state index in [1.165, 1.54) is 0 Å². The second-order valence-electron chi connectivity index (χ2n) is 2.30. The molecule has 11 heavy (non-hydrogen) atoms. The maximum absolute atomic E-state index is 5.55. The molecule has 56 valence electrons. The maximum atomic E-state index is 5.55. The molecular weight excluding hydrogens is 142 g/mol. The molecule has 0 amide bonds. The number of hydrogen-bond acceptors (Lipinski definition) is 5. The van der Waals surface area contributed by atoms with Crippen LogP contribution in [0.5, 0.6) is 0 Å². The van der Waals surface area contributed by atoms with Gasteiger partial charge in [0.25, 0.3) is 0 Å². The third-order valence-electron chi connectivity index (χ3n) is 1.53. The van der Waals surface area contributed by atoms with Crippen LogP contribution in [0.4, 0.5) is 11.8 Å². The molecule has 4 N–H and O–H groups in total. The smallest absolute Gasteiger partial charge is 0.222 e. The van der Waals surface area contributed by atoms with Gasteiger partial charge in [-0.1, -0.05) is 0 Å². The van der Waals surface area contributed by atoms with Gasteiger partial charge in [-0.2, -0.15) is 4.98 Å². The lowest BCUT2D eigenvalue weighted by Crippen LogP contribution is -2.05. The fourth-order valence-electron chi connectivity index (χ4n) is 1.04. The van der Waals surface area contributed by atoms with Crippen LogP contribution in [-0.4, -0.2) is 16.2 Å². The van der Waals surface area contributed by atoms with Crippen molar-refractivity contribution in [2.75, 3.05) is 11.5 Å². The second kappa shape index (κ2) is 1.91. The van der Waals surface area contributed by atoms with Gasteiger partial charge in [0.1, 0.15) is 5.82 Å². The number of nitrogen functional groups attached to an aromatic ring is 2. The minimum absolute atomic E-state index is 0.215. The van der Waals surface area contributed by atoms with Crippen LogP contribution >= 0.6 is 0 Å². The van der Waals surface area contributed by atoms with Crippen molar-refractivity contribution in [3.05, 3.63) is 11.3 Å². The third-order valence-corrected chi connectivity index (χ3v) is 1.53. The molecule has 0 unspecified atom stereocenters. The molecule has 2 heterocycles. The quantitative estimate of drug-likeness (QED) is 0.523. The van der Waals surface area contributed by atoms with E-state index < -0.39 is 0 Å². The van der Waals surface area contributed by atoms with Gasteiger partial charge < -0.3 is 11.5 Å². The number of nitrogens with zero attached hydrogens (tertiary/aromatic N) is 3. The van der Waals surface area contributed by atoms with E-state index in [0.29, 0.717) is 12.4 Å². The predicted molar refractivity (Wildman–Crippen MR) is 42.2 cm³/mol. The van der Waals surface area contributed by atoms with Gasteiger partial charge in [-0.05, 0) is 0 Å². The Labute approximate surface area is 63.2 Å². The molecule has 1 aliphatic rings. The van der Waals surface area contributed by atoms with E-state index in [4.69, 9.17) is 11.5 Å². The first-order chi connectivity index (χ1) is 5.27. The zero-order valence-corrected chi connectivity index (χ0v) is 5.78. The topological polar surface area (TPSA) is 90.2 Å². The average molecular weight is 149 g/mol. The summed E-state index contributed by atoms with van der Waals surface area (Å²) in [5, 5.41) is 0. The van der Waals surface area contributed by atoms with Crippen molar-refractivity contribution in [2.24, 2.45) is 4.99 Å². The number of nitrogens with two attached hydrogens (primary N) is 2. The van der Waals surface area contributed by atoms with Gasteiger partial charge in [-0.15, -0.1) is 0 Å². The highest BCUT2D eigenvalue weighted by atomic mass is 15.1. The van der Waals surface area contributed by atoms with Gasteiger partial charge >= 0.3 is 0 Å². The summed E-state index contributed by atoms with van der Waals surface area (Å²) >= 11 is 0. The van der Waals surface area contributed by atoms with Gasteiger partial charge in [-0.3, -0.25) is 4.99 Å². The van der Waals surface area contributed by atoms with Crippen LogP contribution in [-0.2, 0) is 6.54 Å². The standard InChI is InChI=1S/C6H7N5/c7-5-3-1-9-2-4(3)10-6(8)11-5/h1H,2H2,(H4,7,8,10,11). The summed E-state index contributed by atoms with van der Waals surface area (Å²) in [5.41, 5.74) is 12.5. The molecule has 5 nitrogen and oxygen atoms in total. The summed E-state index contributed by atoms with van der Waals surface area (Å²) in [4.78, 5) is 11.8. The molecule has 0 radical (unpaired) electrons. The number of aromatic nitrogens is 2. The van der Waals surface area contributed by atoms with E-state index in [1.54, 1.807) is 6.21 Å². The van der Waals surface area contributed by atoms with Crippen LogP contribution in [0, 0.1) is 0 Å². The lowest BCUT2D eigenvalue weighted by Gasteiger charge is -2.00. The van der Waals surface area contributed by atoms with Crippen LogP contribution in [0.25, 0.3) is 0 Å². The summed E-state index contributed by atoms with van der Waals surface area (Å²) in [6.07, 6.45) is 1.67. The largest absolute Gasteiger partial charge is 0.383 e. The fraction of sp³-hybridized carbons (Fsp3) is 0.167. The van der Waals surface area contributed by atoms with Crippen molar-refractivity contribution in [1.82, 2.24) is 9.97 Å². The first-order valence-electron chi connectivity index (χ1n) is 3.19. The first kappa shape index (κ1) is 6.09. The Hall–Kier alpha value is -1.65. The first-order valence-corrected chi connectivity index (χ1v) is 3.19. The number of anilines is 2. The van der Waals surface area contributed by atoms with Crippen LogP contribution in [0.1, 0.15) is 11.3 Å². The van der Waals surface area contributed by atoms with Gasteiger partial charge in [0.15, 0.2) is 0 Å². The summed E-state index contributed by atoms with van der Waals surface area (Å²) < 4.78 is 0. The highest BCUT2D eigenvalue weighted by Crippen LogP contribution is 2.17. The van der Waals surface area contributed by atoms with Crippen molar-refractivity contribution < 1.29 is 0 Å². The molecule has 0 aliphatic carbocycles. The molecule has 0 aromatic carbocycles. The highest BCUT2D eigenvalue weighted by molar-refractivity contribution is 5.89. The lowest BCUT2D eigenvalue weighted by molar-refractivity contribution is 1.01. The van der Waals surface area contributed by atoms with E-state index in [-0.39, 0.29) is 5.95 Å². The third kappa shape index (κ3) is 0.813. The maximum Gasteiger partial charge on any atom is 0.222 e. The Bertz CT molecular complexity index is 330. The highest BCUT2D eigenvalue weighted by Gasteiger charge is 2.12. The Balaban J connectivity index is 2.67. The fourth-order valence-corrected chi connectivity index (χ4v) is 1.04. The van der Waals surface area contributed by atoms with E-state index in [0.717, 1.165) is 11.3 Å². The molecule has 0 atom stereocenters. The summed E-state index contributed by atoms with van der Waals surface area (Å²) in [7, 11) is 0. The Morgan fingerprint density at radius 1 is 1.27 bits per heavy atom. The molecule has 0 saturated carbocycles. The summed E-state index contributed by atoms with van der Waals surface area (Å²) in [6.45, 7) is 0.562. The van der Waals surface area contributed by atoms with E-state index in [2.05, 4.69) is 15.0 Å². The summed E-state index contributed by atoms with van der Waals surface area (Å²) in [5.74, 6) is 0.625. The van der Waals surface area contributed by atoms with Crippen molar-refractivity contribution in [2.45, 2.75) is 6.54 Å². The predicted octanol–water partition coefficient (Wildman–Crippen LogP) is -0.427. The molecule has 0 fully saturated rings. The molecule has 1 aromatic rings. The van der Waals surface area contributed by atoms with Crippen LogP contribution < -0.4 is 11.5 Å². The Morgan fingerprint density at radius 3 is 2.91 bits per heavy atom. The summed E-state index contributed by atoms with van der Waals surface area (Å²) in [6, 6.07) is 0. The van der Waals surface area contributed by atoms with Gasteiger partial charge in [-0.25, -0.2) is 4.98 Å². The van der Waals surface area contributed by atoms with Crippen molar-refractivity contribution >= 4 is 18.0 Å². The van der Waals surface area contributed by atoms with E-state index in [1.807, 2.05) is 0 Å². The number of hydrogen-bond donors (Lipinski definition) is 2. The van der Waals surface area contributed by atoms with Crippen LogP contribution in [0.2, 0.25) is 0 Å². The van der Waals surface area contributed by atoms with Crippen LogP contribution in [0.15, 0.2) is 4.99 Å². The Kier molecular flexibility index (Phi) is 1.06. The molecule has 0 spiro atoms. The zero-order valence-electron chi connectivity index (χ0n) is 5.78. The normalized spacial score (nSPS) is 13.5. The SMILES string of the molecule is Nc1nc(N)c2c(n1)CN=C2. The zero-order chi connectivity index (χ0) is 7.84. The minimum atomic E-state index is 0.215. The van der Waals surface area contributed by atoms with Gasteiger partial charge in [0.2, 0.25) is 5.95 Å².